The molecule has 0 fully saturated rings. The van der Waals surface area contributed by atoms with E-state index in [4.69, 9.17) is 0 Å². The zero-order valence-corrected chi connectivity index (χ0v) is 15.4. The summed E-state index contributed by atoms with van der Waals surface area (Å²) >= 11 is 0. The molecule has 0 unspecified atom stereocenters. The van der Waals surface area contributed by atoms with E-state index >= 15 is 0 Å². The molecule has 2 N–H and O–H groups in total. The fourth-order valence-electron chi connectivity index (χ4n) is 2.88. The Morgan fingerprint density at radius 1 is 0.931 bits per heavy atom. The van der Waals surface area contributed by atoms with Crippen LogP contribution >= 0.6 is 0 Å². The second kappa shape index (κ2) is 8.76. The van der Waals surface area contributed by atoms with Crippen LogP contribution in [0.25, 0.3) is 11.0 Å². The number of amides is 2. The number of carbonyl (C=O) groups is 2. The topological polar surface area (TPSA) is 76.0 Å². The molecule has 0 bridgehead atoms. The number of imidazole rings is 1. The maximum Gasteiger partial charge on any atom is 0.449 e. The standard InChI is InChI=1S/C20H19F3N4O2/c21-20(22,23)19-26-15-8-4-5-9-16(15)27(19)13-18(29)25-12-17(28)24-11-10-14-6-2-1-3-7-14/h1-9H,10-13H2,(H,24,28)(H,25,29). The third-order valence-corrected chi connectivity index (χ3v) is 4.23. The van der Waals surface area contributed by atoms with Gasteiger partial charge in [-0.3, -0.25) is 9.59 Å². The smallest absolute Gasteiger partial charge is 0.354 e. The van der Waals surface area contributed by atoms with Gasteiger partial charge in [-0.05, 0) is 24.1 Å². The van der Waals surface area contributed by atoms with E-state index in [1.807, 2.05) is 30.3 Å². The van der Waals surface area contributed by atoms with E-state index in [1.165, 1.54) is 12.1 Å². The Bertz CT molecular complexity index is 1000. The van der Waals surface area contributed by atoms with Crippen molar-refractivity contribution in [3.63, 3.8) is 0 Å². The highest BCUT2D eigenvalue weighted by molar-refractivity contribution is 5.86. The fraction of sp³-hybridized carbons (Fsp3) is 0.250. The maximum absolute atomic E-state index is 13.3. The maximum atomic E-state index is 13.3. The minimum atomic E-state index is -4.70. The summed E-state index contributed by atoms with van der Waals surface area (Å²) in [7, 11) is 0. The average molecular weight is 404 g/mol. The first-order valence-corrected chi connectivity index (χ1v) is 8.94. The molecule has 2 aromatic carbocycles. The molecule has 0 spiro atoms. The van der Waals surface area contributed by atoms with Crippen molar-refractivity contribution in [1.82, 2.24) is 20.2 Å². The van der Waals surface area contributed by atoms with Gasteiger partial charge in [-0.25, -0.2) is 4.98 Å². The molecule has 0 aliphatic heterocycles. The number of halogens is 3. The van der Waals surface area contributed by atoms with Gasteiger partial charge in [0.2, 0.25) is 17.6 Å². The first-order valence-electron chi connectivity index (χ1n) is 8.94. The number of nitrogens with zero attached hydrogens (tertiary/aromatic N) is 2. The lowest BCUT2D eigenvalue weighted by molar-refractivity contribution is -0.147. The average Bonchev–Trinajstić information content (AvgIpc) is 3.06. The highest BCUT2D eigenvalue weighted by atomic mass is 19.4. The van der Waals surface area contributed by atoms with E-state index in [9.17, 15) is 22.8 Å². The Morgan fingerprint density at radius 2 is 1.62 bits per heavy atom. The Labute approximate surface area is 164 Å². The molecule has 0 saturated heterocycles. The van der Waals surface area contributed by atoms with Crippen molar-refractivity contribution in [3.8, 4) is 0 Å². The van der Waals surface area contributed by atoms with E-state index in [1.54, 1.807) is 12.1 Å². The van der Waals surface area contributed by atoms with Crippen LogP contribution < -0.4 is 10.6 Å². The normalized spacial score (nSPS) is 11.4. The van der Waals surface area contributed by atoms with Gasteiger partial charge in [-0.15, -0.1) is 0 Å². The summed E-state index contributed by atoms with van der Waals surface area (Å²) in [6.45, 7) is -0.517. The van der Waals surface area contributed by atoms with Crippen LogP contribution in [0.1, 0.15) is 11.4 Å². The number of alkyl halides is 3. The molecule has 9 heteroatoms. The molecule has 1 heterocycles. The highest BCUT2D eigenvalue weighted by Gasteiger charge is 2.37. The van der Waals surface area contributed by atoms with Crippen LogP contribution in [-0.2, 0) is 28.7 Å². The van der Waals surface area contributed by atoms with Crippen LogP contribution in [0.15, 0.2) is 54.6 Å². The number of hydrogen-bond acceptors (Lipinski definition) is 3. The van der Waals surface area contributed by atoms with Crippen LogP contribution in [0, 0.1) is 0 Å². The van der Waals surface area contributed by atoms with Gasteiger partial charge >= 0.3 is 6.18 Å². The molecule has 3 rings (SSSR count). The van der Waals surface area contributed by atoms with Gasteiger partial charge in [0.05, 0.1) is 17.6 Å². The second-order valence-electron chi connectivity index (χ2n) is 6.37. The summed E-state index contributed by atoms with van der Waals surface area (Å²) in [4.78, 5) is 27.6. The zero-order chi connectivity index (χ0) is 20.9. The lowest BCUT2D eigenvalue weighted by Gasteiger charge is -2.12. The van der Waals surface area contributed by atoms with E-state index in [-0.39, 0.29) is 17.6 Å². The Balaban J connectivity index is 1.55. The quantitative estimate of drug-likeness (QED) is 0.636. The van der Waals surface area contributed by atoms with Gasteiger partial charge in [0, 0.05) is 6.54 Å². The molecule has 0 atom stereocenters. The summed E-state index contributed by atoms with van der Waals surface area (Å²) in [5.41, 5.74) is 1.40. The molecule has 2 amide bonds. The predicted octanol–water partition coefficient (Wildman–Crippen LogP) is 2.53. The van der Waals surface area contributed by atoms with Crippen molar-refractivity contribution in [2.75, 3.05) is 13.1 Å². The van der Waals surface area contributed by atoms with Gasteiger partial charge < -0.3 is 15.2 Å². The third-order valence-electron chi connectivity index (χ3n) is 4.23. The van der Waals surface area contributed by atoms with Crippen molar-refractivity contribution < 1.29 is 22.8 Å². The molecule has 0 aliphatic rings. The molecule has 0 aliphatic carbocycles. The minimum Gasteiger partial charge on any atom is -0.354 e. The van der Waals surface area contributed by atoms with Crippen LogP contribution in [-0.4, -0.2) is 34.5 Å². The summed E-state index contributed by atoms with van der Waals surface area (Å²) in [6, 6.07) is 15.6. The Morgan fingerprint density at radius 3 is 2.34 bits per heavy atom. The monoisotopic (exact) mass is 404 g/mol. The molecular weight excluding hydrogens is 385 g/mol. The van der Waals surface area contributed by atoms with E-state index in [0.29, 0.717) is 13.0 Å². The second-order valence-corrected chi connectivity index (χ2v) is 6.37. The summed E-state index contributed by atoms with van der Waals surface area (Å²) < 4.78 is 40.6. The third kappa shape index (κ3) is 5.34. The molecular formula is C20H19F3N4O2. The van der Waals surface area contributed by atoms with Crippen LogP contribution in [0.2, 0.25) is 0 Å². The molecule has 3 aromatic rings. The minimum absolute atomic E-state index is 0.145. The number of fused-ring (bicyclic) bond motifs is 1. The lowest BCUT2D eigenvalue weighted by atomic mass is 10.1. The first-order chi connectivity index (χ1) is 13.8. The van der Waals surface area contributed by atoms with Gasteiger partial charge in [0.15, 0.2) is 0 Å². The van der Waals surface area contributed by atoms with Crippen LogP contribution in [0.4, 0.5) is 13.2 Å². The zero-order valence-electron chi connectivity index (χ0n) is 15.4. The van der Waals surface area contributed by atoms with E-state index < -0.39 is 30.4 Å². The summed E-state index contributed by atoms with van der Waals surface area (Å²) in [5, 5.41) is 5.00. The van der Waals surface area contributed by atoms with E-state index in [0.717, 1.165) is 10.1 Å². The number of benzene rings is 2. The SMILES string of the molecule is O=C(CNC(=O)Cn1c(C(F)(F)F)nc2ccccc21)NCCc1ccccc1. The predicted molar refractivity (Wildman–Crippen MR) is 101 cm³/mol. The highest BCUT2D eigenvalue weighted by Crippen LogP contribution is 2.31. The number of nitrogens with one attached hydrogen (secondary N) is 2. The van der Waals surface area contributed by atoms with Gasteiger partial charge in [-0.2, -0.15) is 13.2 Å². The van der Waals surface area contributed by atoms with Crippen molar-refractivity contribution in [1.29, 1.82) is 0 Å². The summed E-state index contributed by atoms with van der Waals surface area (Å²) in [5.74, 6) is -2.28. The number of carbonyl (C=O) groups excluding carboxylic acids is 2. The number of aromatic nitrogens is 2. The molecule has 152 valence electrons. The van der Waals surface area contributed by atoms with Crippen LogP contribution in [0.3, 0.4) is 0 Å². The van der Waals surface area contributed by atoms with E-state index in [2.05, 4.69) is 15.6 Å². The first kappa shape index (κ1) is 20.4. The van der Waals surface area contributed by atoms with Crippen molar-refractivity contribution >= 4 is 22.8 Å². The largest absolute Gasteiger partial charge is 0.449 e. The van der Waals surface area contributed by atoms with Crippen LogP contribution in [0.5, 0.6) is 0 Å². The lowest BCUT2D eigenvalue weighted by Crippen LogP contribution is -2.39. The van der Waals surface area contributed by atoms with Gasteiger partial charge in [-0.1, -0.05) is 42.5 Å². The Hall–Kier alpha value is -3.36. The molecule has 0 radical (unpaired) electrons. The Kier molecular flexibility index (Phi) is 6.16. The molecule has 29 heavy (non-hydrogen) atoms. The van der Waals surface area contributed by atoms with Crippen molar-refractivity contribution in [2.24, 2.45) is 0 Å². The van der Waals surface area contributed by atoms with Crippen molar-refractivity contribution in [2.45, 2.75) is 19.1 Å². The fourth-order valence-corrected chi connectivity index (χ4v) is 2.88. The number of para-hydroxylation sites is 2. The molecule has 1 aromatic heterocycles. The number of rotatable bonds is 7. The van der Waals surface area contributed by atoms with Crippen molar-refractivity contribution in [3.05, 3.63) is 66.0 Å². The molecule has 0 saturated carbocycles. The van der Waals surface area contributed by atoms with Gasteiger partial charge in [0.25, 0.3) is 0 Å². The summed E-state index contributed by atoms with van der Waals surface area (Å²) in [6.07, 6.45) is -4.06. The number of hydrogen-bond donors (Lipinski definition) is 2. The van der Waals surface area contributed by atoms with Gasteiger partial charge in [0.1, 0.15) is 6.54 Å². The molecule has 6 nitrogen and oxygen atoms in total.